The number of rotatable bonds is 3. The smallest absolute Gasteiger partial charge is 0.390 e. The van der Waals surface area contributed by atoms with Crippen LogP contribution in [0.3, 0.4) is 0 Å². The molecule has 0 N–H and O–H groups in total. The van der Waals surface area contributed by atoms with Crippen molar-refractivity contribution in [2.24, 2.45) is 7.05 Å². The van der Waals surface area contributed by atoms with Crippen molar-refractivity contribution in [1.82, 2.24) is 9.13 Å². The Morgan fingerprint density at radius 2 is 0.672 bits per heavy atom. The van der Waals surface area contributed by atoms with E-state index in [0.29, 0.717) is 5.19 Å². The molecule has 0 saturated carbocycles. The molecule has 4 atom stereocenters. The van der Waals surface area contributed by atoms with Crippen molar-refractivity contribution in [1.29, 1.82) is 0 Å². The normalized spacial score (nSPS) is 36.7. The first kappa shape index (κ1) is 50.2. The molecule has 2 aromatic heterocycles. The molecule has 0 aliphatic carbocycles. The van der Waals surface area contributed by atoms with E-state index in [9.17, 15) is 19.2 Å². The number of hydrogen-bond donors (Lipinski definition) is 0. The van der Waals surface area contributed by atoms with E-state index in [2.05, 4.69) is 0 Å². The molecule has 32 heteroatoms. The van der Waals surface area contributed by atoms with Crippen LogP contribution in [-0.4, -0.2) is 98.1 Å². The van der Waals surface area contributed by atoms with Crippen molar-refractivity contribution in [2.75, 3.05) is 0 Å². The fourth-order valence-corrected chi connectivity index (χ4v) is 57.8. The largest absolute Gasteiger partial charge is 0.475 e. The maximum atomic E-state index is 13.8. The van der Waals surface area contributed by atoms with Gasteiger partial charge < -0.3 is 57.6 Å². The van der Waals surface area contributed by atoms with Crippen LogP contribution in [0.1, 0.15) is 5.56 Å². The monoisotopic (exact) mass is 1200 g/mol. The van der Waals surface area contributed by atoms with Gasteiger partial charge in [-0.2, -0.15) is 0 Å². The van der Waals surface area contributed by atoms with Crippen LogP contribution >= 0.6 is 0 Å². The van der Waals surface area contributed by atoms with Crippen LogP contribution in [0.2, 0.25) is 52.4 Å². The molecule has 5 aromatic rings. The van der Waals surface area contributed by atoms with Crippen molar-refractivity contribution in [2.45, 2.75) is 59.3 Å². The van der Waals surface area contributed by atoms with E-state index in [1.165, 1.54) is 19.2 Å². The summed E-state index contributed by atoms with van der Waals surface area (Å²) >= 11 is 0. The molecule has 0 spiro atoms. The number of fused-ring (bicyclic) bond motifs is 6. The third-order valence-corrected chi connectivity index (χ3v) is 50.7. The molecule has 0 amide bonds. The van der Waals surface area contributed by atoms with Gasteiger partial charge in [0.05, 0.1) is 27.2 Å². The first-order valence-electron chi connectivity index (χ1n) is 19.4. The van der Waals surface area contributed by atoms with E-state index in [1.807, 2.05) is 31.2 Å². The summed E-state index contributed by atoms with van der Waals surface area (Å²) in [7, 11) is -36.2. The van der Waals surface area contributed by atoms with E-state index >= 15 is 0 Å². The summed E-state index contributed by atoms with van der Waals surface area (Å²) < 4.78 is 99.0. The second-order valence-corrected chi connectivity index (χ2v) is 43.9. The molecule has 8 heterocycles. The van der Waals surface area contributed by atoms with Crippen molar-refractivity contribution in [3.05, 3.63) is 108 Å². The second kappa shape index (κ2) is 16.7. The van der Waals surface area contributed by atoms with E-state index in [4.69, 9.17) is 57.6 Å². The van der Waals surface area contributed by atoms with Crippen LogP contribution in [0, 0.1) is 6.92 Å². The Balaban J connectivity index is 0.00000280. The minimum atomic E-state index is -4.07. The summed E-state index contributed by atoms with van der Waals surface area (Å²) in [6.07, 6.45) is 0. The van der Waals surface area contributed by atoms with Gasteiger partial charge in [-0.15, -0.1) is 0 Å². The van der Waals surface area contributed by atoms with Crippen LogP contribution < -0.4 is 32.6 Å². The Hall–Kier alpha value is -0.243. The predicted octanol–water partition coefficient (Wildman–Crippen LogP) is 0.683. The summed E-state index contributed by atoms with van der Waals surface area (Å²) in [5, 5.41) is 1.42. The van der Waals surface area contributed by atoms with E-state index in [1.54, 1.807) is 76.6 Å². The Morgan fingerprint density at radius 1 is 0.406 bits per heavy atom. The fourth-order valence-electron chi connectivity index (χ4n) is 8.58. The topological polar surface area (TPSA) is 207 Å². The molecule has 4 radical (unpaired) electrons. The molecular weight excluding hydrogens is 1160 g/mol. The van der Waals surface area contributed by atoms with Gasteiger partial charge in [0.15, 0.2) is 0 Å². The Kier molecular flexibility index (Phi) is 13.1. The average Bonchev–Trinajstić information content (AvgIpc) is 3.49. The minimum Gasteiger partial charge on any atom is -0.390 e. The third kappa shape index (κ3) is 8.93. The van der Waals surface area contributed by atoms with E-state index in [0.717, 1.165) is 19.9 Å². The third-order valence-electron chi connectivity index (χ3n) is 10.6. The maximum absolute atomic E-state index is 13.8. The first-order valence-corrected chi connectivity index (χ1v) is 39.8. The number of nitrogens with zero attached hydrogens (tertiary/aromatic N) is 2. The molecule has 20 nitrogen and oxygen atoms in total. The van der Waals surface area contributed by atoms with Crippen LogP contribution in [0.4, 0.5) is 0 Å². The molecule has 332 valence electrons. The average molecular weight is 1200 g/mol. The molecule has 6 saturated heterocycles. The van der Waals surface area contributed by atoms with Gasteiger partial charge in [0.25, 0.3) is 22.2 Å². The second-order valence-electron chi connectivity index (χ2n) is 16.4. The van der Waals surface area contributed by atoms with Crippen LogP contribution in [0.25, 0.3) is 27.2 Å². The molecule has 6 aliphatic heterocycles. The molecule has 8 bridgehead atoms. The molecule has 64 heavy (non-hydrogen) atoms. The number of benzene rings is 3. The van der Waals surface area contributed by atoms with Gasteiger partial charge in [-0.25, -0.2) is 4.57 Å². The molecule has 4 unspecified atom stereocenters. The summed E-state index contributed by atoms with van der Waals surface area (Å²) in [6, 6.07) is 16.8. The summed E-state index contributed by atoms with van der Waals surface area (Å²) in [5.74, 6) is 0. The van der Waals surface area contributed by atoms with E-state index < -0.39 is 111 Å². The van der Waals surface area contributed by atoms with Gasteiger partial charge in [-0.1, -0.05) is 42.0 Å². The molecule has 11 rings (SSSR count). The quantitative estimate of drug-likeness (QED) is 0.228. The number of aryl methyl sites for hydroxylation is 1. The zero-order valence-electron chi connectivity index (χ0n) is 36.2. The number of hydrogen-bond acceptors (Lipinski definition) is 18. The van der Waals surface area contributed by atoms with Crippen LogP contribution in [0.5, 0.6) is 0 Å². The fraction of sp³-hybridized carbons (Fsp3) is 0.312. The molecular formula is C32H40N2O18Si10Y2. The van der Waals surface area contributed by atoms with Gasteiger partial charge in [-0.3, -0.25) is 23.7 Å². The zero-order chi connectivity index (χ0) is 44.2. The van der Waals surface area contributed by atoms with Crippen molar-refractivity contribution >= 4 is 121 Å². The van der Waals surface area contributed by atoms with Crippen molar-refractivity contribution in [3.63, 3.8) is 0 Å². The Morgan fingerprint density at radius 3 is 0.984 bits per heavy atom. The van der Waals surface area contributed by atoms with Crippen LogP contribution in [0.15, 0.2) is 79.8 Å². The Labute approximate surface area is 428 Å². The van der Waals surface area contributed by atoms with Gasteiger partial charge >= 0.3 is 89.0 Å². The van der Waals surface area contributed by atoms with Gasteiger partial charge in [0.1, 0.15) is 0 Å². The minimum absolute atomic E-state index is 0. The van der Waals surface area contributed by atoms with E-state index in [-0.39, 0.29) is 92.7 Å². The maximum Gasteiger partial charge on any atom is 0.475 e. The van der Waals surface area contributed by atoms with Gasteiger partial charge in [-0.05, 0) is 41.6 Å². The predicted molar refractivity (Wildman–Crippen MR) is 237 cm³/mol. The number of aromatic nitrogens is 2. The van der Waals surface area contributed by atoms with Gasteiger partial charge in [0, 0.05) is 125 Å². The van der Waals surface area contributed by atoms with Gasteiger partial charge in [0.2, 0.25) is 0 Å². The summed E-state index contributed by atoms with van der Waals surface area (Å²) in [6.45, 7) is 15.6. The first-order chi connectivity index (χ1) is 28.8. The molecule has 6 aliphatic rings. The zero-order valence-corrected chi connectivity index (χ0v) is 51.8. The summed E-state index contributed by atoms with van der Waals surface area (Å²) in [5.41, 5.74) is -1.13. The van der Waals surface area contributed by atoms with Crippen LogP contribution in [-0.2, 0) is 130 Å². The molecule has 6 fully saturated rings. The standard InChI is InChI=1S/C32H40N2O18Si10.2Y/c1-21-11-15-23(16-12-21)53-39-55(3)43-59(7)47-57(5)41-54(42-58(6)49-61(9,51-59)45-56(4,40-53)46-62(10,50-58)52-60(8,44-55)48-57)24-17-13-22(14-18-24)34-31(37)27-19-25-26(20-28(27)32(34)38)30(36)33(2)29(25)35;;/h11-20H,1-10H3;;. The van der Waals surface area contributed by atoms with Crippen molar-refractivity contribution in [3.8, 4) is 5.69 Å². The Bertz CT molecular complexity index is 2750. The summed E-state index contributed by atoms with van der Waals surface area (Å²) in [4.78, 5) is 53.0. The van der Waals surface area contributed by atoms with Crippen molar-refractivity contribution < 1.29 is 123 Å². The SMILES string of the molecule is Cc1ccc([Si]2O[Si]3(C)O[Si]4(C)O[Si]5(C)O[Si](c6ccc(-n7c(=O)c8cc9c(=O)n(C)c(=O)c9cc8c7=O)cc6)O[Si]6(C)O[Si](C)(O[Si](C)(O2)O[Si](C)(O6)O[Si](C)(O3)O5)O4)cc1.[Y].[Y]. The molecule has 3 aromatic carbocycles.